The fourth-order valence-electron chi connectivity index (χ4n) is 2.57. The molecule has 1 aliphatic heterocycles. The molecule has 110 valence electrons. The highest BCUT2D eigenvalue weighted by atomic mass is 19.1. The van der Waals surface area contributed by atoms with Crippen LogP contribution in [0.15, 0.2) is 42.5 Å². The summed E-state index contributed by atoms with van der Waals surface area (Å²) in [6.45, 7) is 1.03. The fraction of sp³-hybridized carbons (Fsp3) is 0.294. The van der Waals surface area contributed by atoms with E-state index in [0.29, 0.717) is 19.6 Å². The summed E-state index contributed by atoms with van der Waals surface area (Å²) in [6, 6.07) is 12.5. The predicted octanol–water partition coefficient (Wildman–Crippen LogP) is 2.71. The Morgan fingerprint density at radius 2 is 2.10 bits per heavy atom. The van der Waals surface area contributed by atoms with Crippen LogP contribution in [0.1, 0.15) is 11.1 Å². The Kier molecular flexibility index (Phi) is 4.06. The van der Waals surface area contributed by atoms with Gasteiger partial charge in [-0.1, -0.05) is 18.2 Å². The molecule has 3 rings (SSSR count). The molecule has 0 aromatic heterocycles. The molecule has 0 radical (unpaired) electrons. The smallest absolute Gasteiger partial charge is 0.137 e. The zero-order valence-corrected chi connectivity index (χ0v) is 11.7. The Bertz CT molecular complexity index is 630. The van der Waals surface area contributed by atoms with Crippen LogP contribution in [0.25, 0.3) is 0 Å². The second-order valence-electron chi connectivity index (χ2n) is 5.15. The molecular formula is C17H18FNO2. The van der Waals surface area contributed by atoms with E-state index in [2.05, 4.69) is 0 Å². The first-order chi connectivity index (χ1) is 10.3. The third kappa shape index (κ3) is 3.16. The summed E-state index contributed by atoms with van der Waals surface area (Å²) in [5.41, 5.74) is 7.60. The van der Waals surface area contributed by atoms with Crippen molar-refractivity contribution in [3.05, 3.63) is 59.4 Å². The van der Waals surface area contributed by atoms with Gasteiger partial charge >= 0.3 is 0 Å². The molecule has 1 atom stereocenters. The predicted molar refractivity (Wildman–Crippen MR) is 79.2 cm³/mol. The molecule has 0 fully saturated rings. The maximum atomic E-state index is 13.2. The number of para-hydroxylation sites is 1. The van der Waals surface area contributed by atoms with Gasteiger partial charge in [0.2, 0.25) is 0 Å². The van der Waals surface area contributed by atoms with Crippen molar-refractivity contribution in [3.63, 3.8) is 0 Å². The topological polar surface area (TPSA) is 44.5 Å². The lowest BCUT2D eigenvalue weighted by Gasteiger charge is -2.14. The number of benzene rings is 2. The largest absolute Gasteiger partial charge is 0.489 e. The molecule has 0 saturated heterocycles. The molecule has 0 saturated carbocycles. The van der Waals surface area contributed by atoms with Crippen LogP contribution in [0.4, 0.5) is 4.39 Å². The minimum absolute atomic E-state index is 0.0762. The number of ether oxygens (including phenoxy) is 2. The van der Waals surface area contributed by atoms with E-state index in [9.17, 15) is 4.39 Å². The van der Waals surface area contributed by atoms with Gasteiger partial charge in [0, 0.05) is 12.0 Å². The molecule has 1 unspecified atom stereocenters. The summed E-state index contributed by atoms with van der Waals surface area (Å²) in [4.78, 5) is 0. The Hall–Kier alpha value is -2.07. The van der Waals surface area contributed by atoms with E-state index in [1.807, 2.05) is 24.3 Å². The van der Waals surface area contributed by atoms with Crippen molar-refractivity contribution in [2.24, 2.45) is 5.73 Å². The maximum absolute atomic E-state index is 13.2. The number of halogens is 1. The SMILES string of the molecule is NCCc1ccccc1OCC1Cc2cc(F)ccc2O1. The molecule has 4 heteroatoms. The first kappa shape index (κ1) is 13.9. The van der Waals surface area contributed by atoms with Gasteiger partial charge in [-0.15, -0.1) is 0 Å². The van der Waals surface area contributed by atoms with E-state index < -0.39 is 0 Å². The van der Waals surface area contributed by atoms with Crippen molar-refractivity contribution in [3.8, 4) is 11.5 Å². The third-order valence-electron chi connectivity index (χ3n) is 3.57. The van der Waals surface area contributed by atoms with Gasteiger partial charge in [-0.05, 0) is 42.8 Å². The first-order valence-corrected chi connectivity index (χ1v) is 7.12. The van der Waals surface area contributed by atoms with Crippen LogP contribution in [-0.4, -0.2) is 19.3 Å². The van der Waals surface area contributed by atoms with Crippen LogP contribution < -0.4 is 15.2 Å². The van der Waals surface area contributed by atoms with Crippen LogP contribution in [0, 0.1) is 5.82 Å². The Morgan fingerprint density at radius 1 is 1.24 bits per heavy atom. The monoisotopic (exact) mass is 287 g/mol. The van der Waals surface area contributed by atoms with Gasteiger partial charge < -0.3 is 15.2 Å². The van der Waals surface area contributed by atoms with Gasteiger partial charge in [-0.25, -0.2) is 4.39 Å². The van der Waals surface area contributed by atoms with E-state index in [4.69, 9.17) is 15.2 Å². The number of nitrogens with two attached hydrogens (primary N) is 1. The van der Waals surface area contributed by atoms with Crippen molar-refractivity contribution < 1.29 is 13.9 Å². The van der Waals surface area contributed by atoms with Crippen molar-refractivity contribution in [1.82, 2.24) is 0 Å². The molecule has 21 heavy (non-hydrogen) atoms. The average molecular weight is 287 g/mol. The Balaban J connectivity index is 1.62. The summed E-state index contributed by atoms with van der Waals surface area (Å²) in [7, 11) is 0. The lowest BCUT2D eigenvalue weighted by atomic mass is 10.1. The normalized spacial score (nSPS) is 16.4. The van der Waals surface area contributed by atoms with Gasteiger partial charge in [-0.2, -0.15) is 0 Å². The van der Waals surface area contributed by atoms with Crippen LogP contribution in [-0.2, 0) is 12.8 Å². The number of rotatable bonds is 5. The van der Waals surface area contributed by atoms with Crippen molar-refractivity contribution >= 4 is 0 Å². The van der Waals surface area contributed by atoms with Crippen molar-refractivity contribution in [1.29, 1.82) is 0 Å². The molecule has 3 nitrogen and oxygen atoms in total. The molecule has 1 aliphatic rings. The number of hydrogen-bond donors (Lipinski definition) is 1. The van der Waals surface area contributed by atoms with Gasteiger partial charge in [0.25, 0.3) is 0 Å². The van der Waals surface area contributed by atoms with Gasteiger partial charge in [0.1, 0.15) is 30.0 Å². The summed E-state index contributed by atoms with van der Waals surface area (Å²) in [6.07, 6.45) is 1.38. The highest BCUT2D eigenvalue weighted by Gasteiger charge is 2.24. The van der Waals surface area contributed by atoms with Crippen LogP contribution in [0.5, 0.6) is 11.5 Å². The summed E-state index contributed by atoms with van der Waals surface area (Å²) in [5.74, 6) is 1.36. The molecule has 0 amide bonds. The Labute approximate surface area is 123 Å². The minimum Gasteiger partial charge on any atom is -0.489 e. The second kappa shape index (κ2) is 6.14. The van der Waals surface area contributed by atoms with Gasteiger partial charge in [-0.3, -0.25) is 0 Å². The van der Waals surface area contributed by atoms with Crippen LogP contribution in [0.3, 0.4) is 0 Å². The molecule has 2 N–H and O–H groups in total. The zero-order valence-electron chi connectivity index (χ0n) is 11.7. The van der Waals surface area contributed by atoms with E-state index in [1.165, 1.54) is 12.1 Å². The maximum Gasteiger partial charge on any atom is 0.137 e. The number of fused-ring (bicyclic) bond motifs is 1. The first-order valence-electron chi connectivity index (χ1n) is 7.12. The molecule has 2 aromatic rings. The molecule has 0 aliphatic carbocycles. The van der Waals surface area contributed by atoms with Crippen molar-refractivity contribution in [2.75, 3.05) is 13.2 Å². The average Bonchev–Trinajstić information content (AvgIpc) is 2.88. The zero-order chi connectivity index (χ0) is 14.7. The lowest BCUT2D eigenvalue weighted by molar-refractivity contribution is 0.148. The van der Waals surface area contributed by atoms with Gasteiger partial charge in [0.15, 0.2) is 0 Å². The highest BCUT2D eigenvalue weighted by molar-refractivity contribution is 5.38. The van der Waals surface area contributed by atoms with E-state index in [1.54, 1.807) is 6.07 Å². The highest BCUT2D eigenvalue weighted by Crippen LogP contribution is 2.30. The molecule has 0 spiro atoms. The summed E-state index contributed by atoms with van der Waals surface area (Å²) >= 11 is 0. The molecular weight excluding hydrogens is 269 g/mol. The summed E-state index contributed by atoms with van der Waals surface area (Å²) in [5, 5.41) is 0. The number of hydrogen-bond acceptors (Lipinski definition) is 3. The molecule has 2 aromatic carbocycles. The van der Waals surface area contributed by atoms with E-state index in [-0.39, 0.29) is 11.9 Å². The Morgan fingerprint density at radius 3 is 2.95 bits per heavy atom. The van der Waals surface area contributed by atoms with Crippen molar-refractivity contribution in [2.45, 2.75) is 18.9 Å². The molecule has 1 heterocycles. The third-order valence-corrected chi connectivity index (χ3v) is 3.57. The van der Waals surface area contributed by atoms with E-state index in [0.717, 1.165) is 29.0 Å². The lowest BCUT2D eigenvalue weighted by Crippen LogP contribution is -2.22. The second-order valence-corrected chi connectivity index (χ2v) is 5.15. The van der Waals surface area contributed by atoms with Crippen LogP contribution >= 0.6 is 0 Å². The van der Waals surface area contributed by atoms with Gasteiger partial charge in [0.05, 0.1) is 0 Å². The van der Waals surface area contributed by atoms with Crippen LogP contribution in [0.2, 0.25) is 0 Å². The standard InChI is InChI=1S/C17H18FNO2/c18-14-5-6-17-13(9-14)10-15(21-17)11-20-16-4-2-1-3-12(16)7-8-19/h1-6,9,15H,7-8,10-11,19H2. The summed E-state index contributed by atoms with van der Waals surface area (Å²) < 4.78 is 24.8. The fourth-order valence-corrected chi connectivity index (χ4v) is 2.57. The molecule has 0 bridgehead atoms. The minimum atomic E-state index is -0.229. The quantitative estimate of drug-likeness (QED) is 0.919. The van der Waals surface area contributed by atoms with E-state index >= 15 is 0 Å².